The maximum absolute atomic E-state index is 14.1. The molecule has 8 nitrogen and oxygen atoms in total. The highest BCUT2D eigenvalue weighted by molar-refractivity contribution is 6.39. The van der Waals surface area contributed by atoms with Crippen LogP contribution in [0, 0.1) is 11.6 Å². The zero-order chi connectivity index (χ0) is 28.1. The number of ether oxygens (including phenoxy) is 1. The van der Waals surface area contributed by atoms with Crippen molar-refractivity contribution >= 4 is 40.9 Å². The molecule has 2 bridgehead atoms. The smallest absolute Gasteiger partial charge is 0.341 e. The number of carboxylic acids is 1. The highest BCUT2D eigenvalue weighted by atomic mass is 35.5. The highest BCUT2D eigenvalue weighted by Crippen LogP contribution is 2.46. The van der Waals surface area contributed by atoms with Gasteiger partial charge >= 0.3 is 12.0 Å². The molecule has 2 aromatic carbocycles. The summed E-state index contributed by atoms with van der Waals surface area (Å²) in [5.74, 6) is -3.14. The van der Waals surface area contributed by atoms with E-state index in [0.717, 1.165) is 49.1 Å². The first-order chi connectivity index (χ1) is 19.2. The zero-order valence-corrected chi connectivity index (χ0v) is 22.6. The molecule has 12 heteroatoms. The summed E-state index contributed by atoms with van der Waals surface area (Å²) in [6.45, 7) is 0.261. The van der Waals surface area contributed by atoms with Gasteiger partial charge in [-0.05, 0) is 62.8 Å². The van der Waals surface area contributed by atoms with E-state index in [1.54, 1.807) is 23.1 Å². The van der Waals surface area contributed by atoms with Gasteiger partial charge in [-0.25, -0.2) is 18.4 Å². The number of rotatable bonds is 7. The molecule has 2 aliphatic heterocycles. The Morgan fingerprint density at radius 3 is 2.27 bits per heavy atom. The fraction of sp³-hybridized carbons (Fsp3) is 0.393. The fourth-order valence-corrected chi connectivity index (χ4v) is 6.46. The molecule has 3 atom stereocenters. The number of halogens is 4. The van der Waals surface area contributed by atoms with Gasteiger partial charge in [0.1, 0.15) is 28.7 Å². The molecule has 6 rings (SSSR count). The number of carboxylic acid groups (broad SMARTS) is 1. The highest BCUT2D eigenvalue weighted by Gasteiger charge is 2.44. The van der Waals surface area contributed by atoms with E-state index in [1.165, 1.54) is 0 Å². The quantitative estimate of drug-likeness (QED) is 0.300. The van der Waals surface area contributed by atoms with E-state index in [0.29, 0.717) is 40.1 Å². The number of aromatic carboxylic acids is 1. The van der Waals surface area contributed by atoms with Crippen LogP contribution in [0.2, 0.25) is 10.0 Å². The normalized spacial score (nSPS) is 22.0. The van der Waals surface area contributed by atoms with Gasteiger partial charge in [-0.1, -0.05) is 34.4 Å². The minimum absolute atomic E-state index is 0.111. The monoisotopic (exact) mass is 591 g/mol. The first kappa shape index (κ1) is 27.0. The minimum atomic E-state index is -1.72. The Morgan fingerprint density at radius 2 is 1.70 bits per heavy atom. The van der Waals surface area contributed by atoms with E-state index in [1.807, 2.05) is 0 Å². The predicted octanol–water partition coefficient (Wildman–Crippen LogP) is 7.25. The van der Waals surface area contributed by atoms with Gasteiger partial charge in [0, 0.05) is 34.8 Å². The summed E-state index contributed by atoms with van der Waals surface area (Å²) in [7, 11) is 0. The standard InChI is InChI=1S/C28H25Cl2F2N3O5/c29-19-2-1-3-20(30)23(19)25-18(26(40-34-25)13-4-5-13)12-39-17-10-15-6-7-16(11-17)35(15)28(38)33-14-8-21(31)24(27(36)37)22(32)9-14/h1-3,8-9,13,15-17H,4-7,10-12H2,(H,33,38)(H,36,37)/t15-,16?,17?/m0/s1. The van der Waals surface area contributed by atoms with E-state index in [2.05, 4.69) is 10.5 Å². The van der Waals surface area contributed by atoms with E-state index < -0.39 is 29.2 Å². The Labute approximate surface area is 238 Å². The predicted molar refractivity (Wildman–Crippen MR) is 143 cm³/mol. The molecular formula is C28H25Cl2F2N3O5. The maximum Gasteiger partial charge on any atom is 0.341 e. The van der Waals surface area contributed by atoms with Crippen LogP contribution in [0.25, 0.3) is 11.3 Å². The third-order valence-corrected chi connectivity index (χ3v) is 8.49. The number of hydrogen-bond donors (Lipinski definition) is 2. The average molecular weight is 592 g/mol. The first-order valence-corrected chi connectivity index (χ1v) is 13.8. The number of amides is 2. The van der Waals surface area contributed by atoms with Crippen LogP contribution >= 0.6 is 23.2 Å². The van der Waals surface area contributed by atoms with Crippen molar-refractivity contribution in [1.82, 2.24) is 10.1 Å². The lowest BCUT2D eigenvalue weighted by Crippen LogP contribution is -2.50. The van der Waals surface area contributed by atoms with E-state index in [-0.39, 0.29) is 30.5 Å². The number of urea groups is 1. The van der Waals surface area contributed by atoms with Crippen LogP contribution in [-0.2, 0) is 11.3 Å². The summed E-state index contributed by atoms with van der Waals surface area (Å²) in [5, 5.41) is 16.7. The number of hydrogen-bond acceptors (Lipinski definition) is 5. The molecule has 210 valence electrons. The summed E-state index contributed by atoms with van der Waals surface area (Å²) in [6, 6.07) is 6.17. The number of carbonyl (C=O) groups excluding carboxylic acids is 1. The van der Waals surface area contributed by atoms with Crippen molar-refractivity contribution in [2.24, 2.45) is 0 Å². The molecule has 3 fully saturated rings. The molecular weight excluding hydrogens is 567 g/mol. The molecule has 2 N–H and O–H groups in total. The van der Waals surface area contributed by atoms with Gasteiger partial charge < -0.3 is 24.6 Å². The summed E-state index contributed by atoms with van der Waals surface area (Å²) >= 11 is 12.9. The van der Waals surface area contributed by atoms with Crippen molar-refractivity contribution in [2.45, 2.75) is 69.2 Å². The topological polar surface area (TPSA) is 105 Å². The van der Waals surface area contributed by atoms with Crippen LogP contribution in [0.15, 0.2) is 34.9 Å². The second-order valence-corrected chi connectivity index (χ2v) is 11.3. The van der Waals surface area contributed by atoms with Crippen LogP contribution in [-0.4, -0.2) is 45.4 Å². The van der Waals surface area contributed by atoms with Crippen LogP contribution in [0.1, 0.15) is 66.1 Å². The van der Waals surface area contributed by atoms with Crippen LogP contribution < -0.4 is 5.32 Å². The van der Waals surface area contributed by atoms with Crippen molar-refractivity contribution < 1.29 is 32.7 Å². The Morgan fingerprint density at radius 1 is 1.07 bits per heavy atom. The number of anilines is 1. The van der Waals surface area contributed by atoms with Gasteiger partial charge in [-0.15, -0.1) is 0 Å². The molecule has 2 saturated heterocycles. The van der Waals surface area contributed by atoms with Crippen molar-refractivity contribution in [3.63, 3.8) is 0 Å². The lowest BCUT2D eigenvalue weighted by Gasteiger charge is -2.38. The third-order valence-electron chi connectivity index (χ3n) is 7.86. The molecule has 0 radical (unpaired) electrons. The Balaban J connectivity index is 1.14. The largest absolute Gasteiger partial charge is 0.477 e. The molecule has 40 heavy (non-hydrogen) atoms. The van der Waals surface area contributed by atoms with Crippen LogP contribution in [0.3, 0.4) is 0 Å². The van der Waals surface area contributed by atoms with Gasteiger partial charge in [0.15, 0.2) is 0 Å². The van der Waals surface area contributed by atoms with Crippen LogP contribution in [0.4, 0.5) is 19.3 Å². The molecule has 2 unspecified atom stereocenters. The molecule has 0 spiro atoms. The molecule has 1 aromatic heterocycles. The molecule has 3 heterocycles. The number of aromatic nitrogens is 1. The number of nitrogens with zero attached hydrogens (tertiary/aromatic N) is 2. The minimum Gasteiger partial charge on any atom is -0.477 e. The van der Waals surface area contributed by atoms with Crippen molar-refractivity contribution in [3.05, 3.63) is 68.9 Å². The maximum atomic E-state index is 14.1. The van der Waals surface area contributed by atoms with Crippen molar-refractivity contribution in [1.29, 1.82) is 0 Å². The summed E-state index contributed by atoms with van der Waals surface area (Å²) in [4.78, 5) is 25.8. The van der Waals surface area contributed by atoms with Crippen molar-refractivity contribution in [3.8, 4) is 11.3 Å². The van der Waals surface area contributed by atoms with Crippen LogP contribution in [0.5, 0.6) is 0 Å². The van der Waals surface area contributed by atoms with E-state index in [9.17, 15) is 18.4 Å². The number of nitrogens with one attached hydrogen (secondary N) is 1. The van der Waals surface area contributed by atoms with Gasteiger partial charge in [-0.3, -0.25) is 0 Å². The Bertz CT molecular complexity index is 1440. The second-order valence-electron chi connectivity index (χ2n) is 10.5. The molecule has 3 aromatic rings. The SMILES string of the molecule is O=C(O)c1c(F)cc(NC(=O)N2C3CC[C@H]2CC(OCc2c(-c4c(Cl)cccc4Cl)noc2C2CC2)C3)cc1F. The summed E-state index contributed by atoms with van der Waals surface area (Å²) in [6.07, 6.45) is 4.65. The number of carbonyl (C=O) groups is 2. The summed E-state index contributed by atoms with van der Waals surface area (Å²) in [5.41, 5.74) is 0.808. The third kappa shape index (κ3) is 5.04. The van der Waals surface area contributed by atoms with Gasteiger partial charge in [-0.2, -0.15) is 0 Å². The molecule has 1 aliphatic carbocycles. The van der Waals surface area contributed by atoms with Gasteiger partial charge in [0.2, 0.25) is 0 Å². The zero-order valence-electron chi connectivity index (χ0n) is 21.1. The van der Waals surface area contributed by atoms with Gasteiger partial charge in [0.05, 0.1) is 22.8 Å². The van der Waals surface area contributed by atoms with Crippen molar-refractivity contribution in [2.75, 3.05) is 5.32 Å². The fourth-order valence-electron chi connectivity index (χ4n) is 5.88. The van der Waals surface area contributed by atoms with Gasteiger partial charge in [0.25, 0.3) is 0 Å². The summed E-state index contributed by atoms with van der Waals surface area (Å²) < 4.78 is 40.3. The lowest BCUT2D eigenvalue weighted by atomic mass is 9.99. The molecule has 3 aliphatic rings. The number of piperidine rings is 1. The van der Waals surface area contributed by atoms with E-state index in [4.69, 9.17) is 37.6 Å². The Hall–Kier alpha value is -3.21. The Kier molecular flexibility index (Phi) is 7.18. The first-order valence-electron chi connectivity index (χ1n) is 13.1. The lowest BCUT2D eigenvalue weighted by molar-refractivity contribution is -0.0158. The molecule has 2 amide bonds. The second kappa shape index (κ2) is 10.6. The van der Waals surface area contributed by atoms with E-state index >= 15 is 0 Å². The molecule has 1 saturated carbocycles. The average Bonchev–Trinajstić information content (AvgIpc) is 3.59. The number of fused-ring (bicyclic) bond motifs is 2. The number of benzene rings is 2.